The second-order valence-electron chi connectivity index (χ2n) is 4.23. The Morgan fingerprint density at radius 3 is 2.80 bits per heavy atom. The molecule has 0 atom stereocenters. The van der Waals surface area contributed by atoms with Crippen LogP contribution in [0.15, 0.2) is 53.1 Å². The molecule has 0 aliphatic rings. The molecule has 0 amide bonds. The Morgan fingerprint density at radius 2 is 2.05 bits per heavy atom. The van der Waals surface area contributed by atoms with Crippen LogP contribution < -0.4 is 4.74 Å². The molecule has 0 aliphatic carbocycles. The molecule has 4 nitrogen and oxygen atoms in total. The molecule has 0 radical (unpaired) electrons. The SMILES string of the molecule is O=Cc1nc(COc2ccccc2)n2ccc(Br)cc12. The van der Waals surface area contributed by atoms with Gasteiger partial charge in [-0.3, -0.25) is 4.79 Å². The van der Waals surface area contributed by atoms with E-state index in [9.17, 15) is 4.79 Å². The van der Waals surface area contributed by atoms with E-state index < -0.39 is 0 Å². The highest BCUT2D eigenvalue weighted by Gasteiger charge is 2.11. The first-order chi connectivity index (χ1) is 9.78. The second kappa shape index (κ2) is 5.46. The third kappa shape index (κ3) is 2.44. The Balaban J connectivity index is 1.94. The summed E-state index contributed by atoms with van der Waals surface area (Å²) in [4.78, 5) is 15.4. The van der Waals surface area contributed by atoms with Crippen LogP contribution in [-0.4, -0.2) is 15.7 Å². The Morgan fingerprint density at radius 1 is 1.25 bits per heavy atom. The third-order valence-corrected chi connectivity index (χ3v) is 3.42. The van der Waals surface area contributed by atoms with Gasteiger partial charge in [-0.1, -0.05) is 34.1 Å². The molecule has 20 heavy (non-hydrogen) atoms. The van der Waals surface area contributed by atoms with E-state index in [0.717, 1.165) is 22.0 Å². The van der Waals surface area contributed by atoms with Crippen LogP contribution in [0.2, 0.25) is 0 Å². The quantitative estimate of drug-likeness (QED) is 0.688. The van der Waals surface area contributed by atoms with E-state index in [1.54, 1.807) is 0 Å². The lowest BCUT2D eigenvalue weighted by atomic mass is 10.3. The smallest absolute Gasteiger partial charge is 0.170 e. The average Bonchev–Trinajstić information content (AvgIpc) is 2.83. The summed E-state index contributed by atoms with van der Waals surface area (Å²) in [6, 6.07) is 13.3. The zero-order valence-electron chi connectivity index (χ0n) is 10.5. The van der Waals surface area contributed by atoms with Crippen molar-refractivity contribution in [2.24, 2.45) is 0 Å². The monoisotopic (exact) mass is 330 g/mol. The number of para-hydroxylation sites is 1. The lowest BCUT2D eigenvalue weighted by molar-refractivity contribution is 0.112. The fraction of sp³-hybridized carbons (Fsp3) is 0.0667. The van der Waals surface area contributed by atoms with Crippen molar-refractivity contribution in [3.05, 3.63) is 64.7 Å². The molecule has 3 aromatic rings. The van der Waals surface area contributed by atoms with Crippen LogP contribution in [-0.2, 0) is 6.61 Å². The first kappa shape index (κ1) is 12.9. The number of pyridine rings is 1. The molecule has 1 aromatic carbocycles. The predicted octanol–water partition coefficient (Wildman–Crippen LogP) is 3.49. The summed E-state index contributed by atoms with van der Waals surface area (Å²) in [5.41, 5.74) is 1.18. The van der Waals surface area contributed by atoms with Crippen LogP contribution in [0, 0.1) is 0 Å². The minimum absolute atomic E-state index is 0.306. The van der Waals surface area contributed by atoms with Gasteiger partial charge in [-0.2, -0.15) is 0 Å². The third-order valence-electron chi connectivity index (χ3n) is 2.93. The van der Waals surface area contributed by atoms with E-state index in [4.69, 9.17) is 4.74 Å². The molecule has 100 valence electrons. The number of ether oxygens (including phenoxy) is 1. The molecule has 0 aliphatic heterocycles. The van der Waals surface area contributed by atoms with Crippen LogP contribution >= 0.6 is 15.9 Å². The van der Waals surface area contributed by atoms with Gasteiger partial charge in [0.2, 0.25) is 0 Å². The van der Waals surface area contributed by atoms with Crippen LogP contribution in [0.4, 0.5) is 0 Å². The van der Waals surface area contributed by atoms with Gasteiger partial charge in [-0.25, -0.2) is 4.98 Å². The van der Waals surface area contributed by atoms with Crippen molar-refractivity contribution < 1.29 is 9.53 Å². The number of fused-ring (bicyclic) bond motifs is 1. The minimum atomic E-state index is 0.306. The first-order valence-electron chi connectivity index (χ1n) is 6.07. The van der Waals surface area contributed by atoms with Gasteiger partial charge in [0.25, 0.3) is 0 Å². The van der Waals surface area contributed by atoms with Crippen molar-refractivity contribution in [3.8, 4) is 5.75 Å². The highest BCUT2D eigenvalue weighted by atomic mass is 79.9. The number of carbonyl (C=O) groups excluding carboxylic acids is 1. The molecule has 0 N–H and O–H groups in total. The molecular formula is C15H11BrN2O2. The molecule has 0 saturated heterocycles. The minimum Gasteiger partial charge on any atom is -0.486 e. The van der Waals surface area contributed by atoms with E-state index in [1.807, 2.05) is 53.1 Å². The fourth-order valence-electron chi connectivity index (χ4n) is 2.00. The van der Waals surface area contributed by atoms with Gasteiger partial charge in [0, 0.05) is 10.7 Å². The number of hydrogen-bond acceptors (Lipinski definition) is 3. The van der Waals surface area contributed by atoms with Gasteiger partial charge >= 0.3 is 0 Å². The van der Waals surface area contributed by atoms with Gasteiger partial charge in [0.05, 0.1) is 5.52 Å². The van der Waals surface area contributed by atoms with E-state index in [-0.39, 0.29) is 0 Å². The van der Waals surface area contributed by atoms with E-state index >= 15 is 0 Å². The molecular weight excluding hydrogens is 320 g/mol. The summed E-state index contributed by atoms with van der Waals surface area (Å²) in [7, 11) is 0. The number of nitrogens with zero attached hydrogens (tertiary/aromatic N) is 2. The van der Waals surface area contributed by atoms with Crippen molar-refractivity contribution in [2.75, 3.05) is 0 Å². The van der Waals surface area contributed by atoms with E-state index in [0.29, 0.717) is 18.1 Å². The van der Waals surface area contributed by atoms with Crippen molar-refractivity contribution in [2.45, 2.75) is 6.61 Å². The summed E-state index contributed by atoms with van der Waals surface area (Å²) in [6.07, 6.45) is 2.62. The number of halogens is 1. The zero-order chi connectivity index (χ0) is 13.9. The number of imidazole rings is 1. The Labute approximate surface area is 124 Å². The summed E-state index contributed by atoms with van der Waals surface area (Å²) < 4.78 is 8.44. The number of aldehydes is 1. The van der Waals surface area contributed by atoms with E-state index in [1.165, 1.54) is 0 Å². The lowest BCUT2D eigenvalue weighted by Gasteiger charge is -2.05. The molecule has 2 heterocycles. The van der Waals surface area contributed by atoms with Gasteiger partial charge < -0.3 is 9.14 Å². The summed E-state index contributed by atoms with van der Waals surface area (Å²) in [5, 5.41) is 0. The van der Waals surface area contributed by atoms with Gasteiger partial charge in [0.1, 0.15) is 18.1 Å². The number of rotatable bonds is 4. The average molecular weight is 331 g/mol. The molecule has 0 spiro atoms. The number of aromatic nitrogens is 2. The maximum absolute atomic E-state index is 11.1. The maximum Gasteiger partial charge on any atom is 0.170 e. The Hall–Kier alpha value is -2.14. The summed E-state index contributed by atoms with van der Waals surface area (Å²) >= 11 is 3.39. The van der Waals surface area contributed by atoms with Gasteiger partial charge in [-0.15, -0.1) is 0 Å². The molecule has 2 aromatic heterocycles. The molecule has 0 bridgehead atoms. The van der Waals surface area contributed by atoms with Crippen molar-refractivity contribution in [1.29, 1.82) is 0 Å². The van der Waals surface area contributed by atoms with Crippen LogP contribution in [0.5, 0.6) is 5.75 Å². The topological polar surface area (TPSA) is 43.6 Å². The fourth-order valence-corrected chi connectivity index (χ4v) is 2.34. The highest BCUT2D eigenvalue weighted by molar-refractivity contribution is 9.10. The number of hydrogen-bond donors (Lipinski definition) is 0. The Bertz CT molecular complexity index is 753. The van der Waals surface area contributed by atoms with Crippen molar-refractivity contribution in [1.82, 2.24) is 9.38 Å². The largest absolute Gasteiger partial charge is 0.486 e. The molecule has 3 rings (SSSR count). The van der Waals surface area contributed by atoms with E-state index in [2.05, 4.69) is 20.9 Å². The Kier molecular flexibility index (Phi) is 3.52. The summed E-state index contributed by atoms with van der Waals surface area (Å²) in [6.45, 7) is 0.306. The molecule has 5 heteroatoms. The van der Waals surface area contributed by atoms with Crippen molar-refractivity contribution in [3.63, 3.8) is 0 Å². The lowest BCUT2D eigenvalue weighted by Crippen LogP contribution is -2.01. The highest BCUT2D eigenvalue weighted by Crippen LogP contribution is 2.19. The zero-order valence-corrected chi connectivity index (χ0v) is 12.1. The summed E-state index contributed by atoms with van der Waals surface area (Å²) in [5.74, 6) is 1.47. The molecule has 0 unspecified atom stereocenters. The van der Waals surface area contributed by atoms with Crippen LogP contribution in [0.25, 0.3) is 5.52 Å². The van der Waals surface area contributed by atoms with Gasteiger partial charge in [0.15, 0.2) is 12.1 Å². The van der Waals surface area contributed by atoms with Crippen LogP contribution in [0.3, 0.4) is 0 Å². The number of carbonyl (C=O) groups is 1. The normalized spacial score (nSPS) is 10.7. The van der Waals surface area contributed by atoms with Crippen molar-refractivity contribution >= 4 is 27.7 Å². The second-order valence-corrected chi connectivity index (χ2v) is 5.15. The first-order valence-corrected chi connectivity index (χ1v) is 6.87. The predicted molar refractivity (Wildman–Crippen MR) is 79.1 cm³/mol. The van der Waals surface area contributed by atoms with Crippen LogP contribution in [0.1, 0.15) is 16.3 Å². The molecule has 0 fully saturated rings. The number of benzene rings is 1. The molecule has 0 saturated carbocycles. The van der Waals surface area contributed by atoms with Gasteiger partial charge in [-0.05, 0) is 24.3 Å². The maximum atomic E-state index is 11.1. The standard InChI is InChI=1S/C15H11BrN2O2/c16-11-6-7-18-14(8-11)13(9-19)17-15(18)10-20-12-4-2-1-3-5-12/h1-9H,10H2.